The number of likely N-dealkylation sites (tertiary alicyclic amines) is 1. The Morgan fingerprint density at radius 3 is 2.60 bits per heavy atom. The summed E-state index contributed by atoms with van der Waals surface area (Å²) in [5, 5.41) is 9.33. The second-order valence-electron chi connectivity index (χ2n) is 4.95. The molecule has 0 aliphatic carbocycles. The lowest BCUT2D eigenvalue weighted by molar-refractivity contribution is -0.144. The van der Waals surface area contributed by atoms with Gasteiger partial charge in [-0.3, -0.25) is 4.79 Å². The molecule has 1 unspecified atom stereocenters. The lowest BCUT2D eigenvalue weighted by Gasteiger charge is -2.37. The Labute approximate surface area is 118 Å². The number of ether oxygens (including phenoxy) is 1. The Bertz CT molecular complexity index is 474. The Morgan fingerprint density at radius 2 is 2.00 bits per heavy atom. The fourth-order valence-electron chi connectivity index (χ4n) is 2.84. The van der Waals surface area contributed by atoms with E-state index < -0.39 is 12.0 Å². The summed E-state index contributed by atoms with van der Waals surface area (Å²) in [5.41, 5.74) is 0.803. The molecule has 20 heavy (non-hydrogen) atoms. The number of hydrogen-bond acceptors (Lipinski definition) is 3. The molecule has 1 amide bonds. The number of carboxylic acid groups (broad SMARTS) is 1. The van der Waals surface area contributed by atoms with Crippen LogP contribution in [-0.4, -0.2) is 41.8 Å². The van der Waals surface area contributed by atoms with Crippen molar-refractivity contribution in [3.8, 4) is 0 Å². The molecule has 1 N–H and O–H groups in total. The molecular formula is C15H19NO4. The average molecular weight is 277 g/mol. The molecular weight excluding hydrogens is 258 g/mol. The van der Waals surface area contributed by atoms with Crippen LogP contribution in [0.1, 0.15) is 30.7 Å². The van der Waals surface area contributed by atoms with Gasteiger partial charge in [0.1, 0.15) is 5.92 Å². The summed E-state index contributed by atoms with van der Waals surface area (Å²) in [4.78, 5) is 24.9. The van der Waals surface area contributed by atoms with Crippen LogP contribution < -0.4 is 0 Å². The van der Waals surface area contributed by atoms with Gasteiger partial charge >= 0.3 is 12.1 Å². The highest BCUT2D eigenvalue weighted by Gasteiger charge is 2.38. The van der Waals surface area contributed by atoms with Gasteiger partial charge in [0.2, 0.25) is 0 Å². The minimum absolute atomic E-state index is 0.351. The van der Waals surface area contributed by atoms with Crippen LogP contribution in [0.2, 0.25) is 0 Å². The minimum atomic E-state index is -0.973. The fraction of sp³-hybridized carbons (Fsp3) is 0.467. The van der Waals surface area contributed by atoms with E-state index in [0.717, 1.165) is 18.4 Å². The minimum Gasteiger partial charge on any atom is -0.468 e. The molecule has 1 aliphatic heterocycles. The van der Waals surface area contributed by atoms with E-state index in [4.69, 9.17) is 4.74 Å². The van der Waals surface area contributed by atoms with Crippen molar-refractivity contribution in [1.29, 1.82) is 0 Å². The SMILES string of the molecule is COC(=O)C(c1ccccc1)[C@H]1CCCCN1C(=O)O. The molecule has 0 radical (unpaired) electrons. The standard InChI is InChI=1S/C15H19NO4/c1-20-14(17)13(11-7-3-2-4-8-11)12-9-5-6-10-16(12)15(18)19/h2-4,7-8,12-13H,5-6,9-10H2,1H3,(H,18,19)/t12-,13?/m1/s1. The van der Waals surface area contributed by atoms with E-state index in [-0.39, 0.29) is 12.0 Å². The van der Waals surface area contributed by atoms with E-state index in [9.17, 15) is 14.7 Å². The number of rotatable bonds is 3. The topological polar surface area (TPSA) is 66.8 Å². The Balaban J connectivity index is 2.35. The first-order chi connectivity index (χ1) is 9.65. The van der Waals surface area contributed by atoms with Gasteiger partial charge in [-0.2, -0.15) is 0 Å². The molecule has 5 nitrogen and oxygen atoms in total. The molecule has 2 atom stereocenters. The maximum Gasteiger partial charge on any atom is 0.407 e. The van der Waals surface area contributed by atoms with Gasteiger partial charge in [0.15, 0.2) is 0 Å². The van der Waals surface area contributed by atoms with Crippen molar-refractivity contribution in [2.24, 2.45) is 0 Å². The largest absolute Gasteiger partial charge is 0.468 e. The second-order valence-corrected chi connectivity index (χ2v) is 4.95. The van der Waals surface area contributed by atoms with Gasteiger partial charge in [-0.1, -0.05) is 30.3 Å². The van der Waals surface area contributed by atoms with Gasteiger partial charge in [0.25, 0.3) is 0 Å². The third-order valence-corrected chi connectivity index (χ3v) is 3.79. The van der Waals surface area contributed by atoms with Crippen LogP contribution in [0.15, 0.2) is 30.3 Å². The van der Waals surface area contributed by atoms with Crippen molar-refractivity contribution in [2.45, 2.75) is 31.2 Å². The molecule has 0 aromatic heterocycles. The van der Waals surface area contributed by atoms with Crippen LogP contribution in [0.3, 0.4) is 0 Å². The quantitative estimate of drug-likeness (QED) is 0.862. The Hall–Kier alpha value is -2.04. The second kappa shape index (κ2) is 6.41. The number of benzene rings is 1. The molecule has 1 heterocycles. The average Bonchev–Trinajstić information content (AvgIpc) is 2.48. The summed E-state index contributed by atoms with van der Waals surface area (Å²) in [6, 6.07) is 8.90. The third kappa shape index (κ3) is 2.92. The summed E-state index contributed by atoms with van der Waals surface area (Å²) in [5.74, 6) is -0.938. The van der Waals surface area contributed by atoms with Gasteiger partial charge in [-0.25, -0.2) is 4.79 Å². The van der Waals surface area contributed by atoms with Crippen molar-refractivity contribution in [1.82, 2.24) is 4.90 Å². The number of carbonyl (C=O) groups excluding carboxylic acids is 1. The van der Waals surface area contributed by atoms with Crippen molar-refractivity contribution in [2.75, 3.05) is 13.7 Å². The van der Waals surface area contributed by atoms with E-state index in [0.29, 0.717) is 13.0 Å². The maximum atomic E-state index is 12.1. The van der Waals surface area contributed by atoms with Gasteiger partial charge in [0, 0.05) is 6.54 Å². The van der Waals surface area contributed by atoms with E-state index >= 15 is 0 Å². The van der Waals surface area contributed by atoms with Crippen LogP contribution in [0.25, 0.3) is 0 Å². The van der Waals surface area contributed by atoms with Crippen LogP contribution in [0.4, 0.5) is 4.79 Å². The predicted molar refractivity (Wildman–Crippen MR) is 73.6 cm³/mol. The smallest absolute Gasteiger partial charge is 0.407 e. The molecule has 5 heteroatoms. The Morgan fingerprint density at radius 1 is 1.30 bits per heavy atom. The zero-order chi connectivity index (χ0) is 14.5. The third-order valence-electron chi connectivity index (χ3n) is 3.79. The molecule has 0 saturated carbocycles. The van der Waals surface area contributed by atoms with Crippen LogP contribution >= 0.6 is 0 Å². The van der Waals surface area contributed by atoms with Crippen LogP contribution in [-0.2, 0) is 9.53 Å². The predicted octanol–water partition coefficient (Wildman–Crippen LogP) is 2.48. The van der Waals surface area contributed by atoms with Gasteiger partial charge in [0.05, 0.1) is 13.2 Å². The van der Waals surface area contributed by atoms with Crippen molar-refractivity contribution in [3.63, 3.8) is 0 Å². The van der Waals surface area contributed by atoms with Crippen LogP contribution in [0.5, 0.6) is 0 Å². The summed E-state index contributed by atoms with van der Waals surface area (Å²) < 4.78 is 4.89. The number of hydrogen-bond donors (Lipinski definition) is 1. The summed E-state index contributed by atoms with van der Waals surface area (Å²) in [7, 11) is 1.34. The molecule has 1 aromatic carbocycles. The highest BCUT2D eigenvalue weighted by molar-refractivity contribution is 5.80. The Kier molecular flexibility index (Phi) is 4.61. The normalized spacial score (nSPS) is 20.2. The van der Waals surface area contributed by atoms with Crippen molar-refractivity contribution < 1.29 is 19.4 Å². The summed E-state index contributed by atoms with van der Waals surface area (Å²) >= 11 is 0. The molecule has 0 spiro atoms. The van der Waals surface area contributed by atoms with Crippen LogP contribution in [0, 0.1) is 0 Å². The number of esters is 1. The molecule has 108 valence electrons. The fourth-order valence-corrected chi connectivity index (χ4v) is 2.84. The molecule has 0 bridgehead atoms. The number of nitrogens with zero attached hydrogens (tertiary/aromatic N) is 1. The monoisotopic (exact) mass is 277 g/mol. The first-order valence-electron chi connectivity index (χ1n) is 6.77. The highest BCUT2D eigenvalue weighted by atomic mass is 16.5. The molecule has 1 saturated heterocycles. The van der Waals surface area contributed by atoms with E-state index in [1.54, 1.807) is 0 Å². The highest BCUT2D eigenvalue weighted by Crippen LogP contribution is 2.31. The molecule has 2 rings (SSSR count). The lowest BCUT2D eigenvalue weighted by Crippen LogP contribution is -2.48. The number of carbonyl (C=O) groups is 2. The maximum absolute atomic E-state index is 12.1. The van der Waals surface area contributed by atoms with E-state index in [2.05, 4.69) is 0 Å². The molecule has 1 aliphatic rings. The number of piperidine rings is 1. The first-order valence-corrected chi connectivity index (χ1v) is 6.77. The summed E-state index contributed by atoms with van der Waals surface area (Å²) in [6.45, 7) is 0.473. The molecule has 1 aromatic rings. The van der Waals surface area contributed by atoms with E-state index in [1.165, 1.54) is 12.0 Å². The number of amides is 1. The zero-order valence-electron chi connectivity index (χ0n) is 11.5. The molecule has 1 fully saturated rings. The van der Waals surface area contributed by atoms with Crippen molar-refractivity contribution >= 4 is 12.1 Å². The number of methoxy groups -OCH3 is 1. The van der Waals surface area contributed by atoms with Gasteiger partial charge < -0.3 is 14.7 Å². The zero-order valence-corrected chi connectivity index (χ0v) is 11.5. The lowest BCUT2D eigenvalue weighted by atomic mass is 9.85. The van der Waals surface area contributed by atoms with Crippen molar-refractivity contribution in [3.05, 3.63) is 35.9 Å². The van der Waals surface area contributed by atoms with Gasteiger partial charge in [-0.05, 0) is 24.8 Å². The van der Waals surface area contributed by atoms with E-state index in [1.807, 2.05) is 30.3 Å². The summed E-state index contributed by atoms with van der Waals surface area (Å²) in [6.07, 6.45) is 1.47. The first kappa shape index (κ1) is 14.4. The van der Waals surface area contributed by atoms with Gasteiger partial charge in [-0.15, -0.1) is 0 Å².